The standard InChI is InChI=1S/C21H27N3O2/c1-14-13-19(21(26)23-11-9-18(10-12-23)20(22)25)16(3)24(14)15(2)17-7-5-4-6-8-17/h4-8,13,15,18H,9-12H2,1-3H3,(H2,22,25). The first-order chi connectivity index (χ1) is 12.4. The molecule has 2 heterocycles. The lowest BCUT2D eigenvalue weighted by molar-refractivity contribution is -0.123. The van der Waals surface area contributed by atoms with Crippen LogP contribution in [0.3, 0.4) is 0 Å². The summed E-state index contributed by atoms with van der Waals surface area (Å²) in [6.45, 7) is 7.38. The number of hydrogen-bond donors (Lipinski definition) is 1. The summed E-state index contributed by atoms with van der Waals surface area (Å²) in [6, 6.07) is 12.5. The normalized spacial score (nSPS) is 16.5. The van der Waals surface area contributed by atoms with Crippen LogP contribution in [0.4, 0.5) is 0 Å². The maximum absolute atomic E-state index is 13.0. The lowest BCUT2D eigenvalue weighted by Gasteiger charge is -2.30. The Bertz CT molecular complexity index is 802. The van der Waals surface area contributed by atoms with Crippen LogP contribution in [0.5, 0.6) is 0 Å². The fourth-order valence-electron chi connectivity index (χ4n) is 4.01. The molecule has 1 fully saturated rings. The highest BCUT2D eigenvalue weighted by Gasteiger charge is 2.28. The third-order valence-corrected chi connectivity index (χ3v) is 5.57. The first-order valence-corrected chi connectivity index (χ1v) is 9.22. The number of benzene rings is 1. The number of carbonyl (C=O) groups excluding carboxylic acids is 2. The second-order valence-corrected chi connectivity index (χ2v) is 7.21. The van der Waals surface area contributed by atoms with Crippen molar-refractivity contribution >= 4 is 11.8 Å². The summed E-state index contributed by atoms with van der Waals surface area (Å²) in [5.74, 6) is -0.316. The SMILES string of the molecule is Cc1cc(C(=O)N2CCC(C(N)=O)CC2)c(C)n1C(C)c1ccccc1. The molecule has 2 N–H and O–H groups in total. The van der Waals surface area contributed by atoms with Crippen LogP contribution in [0.25, 0.3) is 0 Å². The van der Waals surface area contributed by atoms with E-state index in [0.29, 0.717) is 25.9 Å². The average molecular weight is 353 g/mol. The van der Waals surface area contributed by atoms with Gasteiger partial charge < -0.3 is 15.2 Å². The average Bonchev–Trinajstić information content (AvgIpc) is 2.95. The van der Waals surface area contributed by atoms with Crippen LogP contribution >= 0.6 is 0 Å². The van der Waals surface area contributed by atoms with E-state index in [1.54, 1.807) is 0 Å². The maximum atomic E-state index is 13.0. The minimum atomic E-state index is -0.257. The van der Waals surface area contributed by atoms with Crippen molar-refractivity contribution in [3.8, 4) is 0 Å². The van der Waals surface area contributed by atoms with E-state index < -0.39 is 0 Å². The summed E-state index contributed by atoms with van der Waals surface area (Å²) < 4.78 is 2.22. The molecule has 1 saturated heterocycles. The van der Waals surface area contributed by atoms with Gasteiger partial charge in [0.1, 0.15) is 0 Å². The Balaban J connectivity index is 1.82. The van der Waals surface area contributed by atoms with Crippen molar-refractivity contribution in [2.24, 2.45) is 11.7 Å². The van der Waals surface area contributed by atoms with E-state index in [9.17, 15) is 9.59 Å². The molecule has 1 unspecified atom stereocenters. The summed E-state index contributed by atoms with van der Waals surface area (Å²) in [5.41, 5.74) is 9.43. The minimum absolute atomic E-state index is 0.0486. The van der Waals surface area contributed by atoms with Crippen molar-refractivity contribution in [3.63, 3.8) is 0 Å². The number of nitrogens with zero attached hydrogens (tertiary/aromatic N) is 2. The Morgan fingerprint density at radius 3 is 2.31 bits per heavy atom. The fourth-order valence-corrected chi connectivity index (χ4v) is 4.01. The molecule has 3 rings (SSSR count). The number of piperidine rings is 1. The third kappa shape index (κ3) is 3.39. The van der Waals surface area contributed by atoms with Crippen molar-refractivity contribution in [1.82, 2.24) is 9.47 Å². The molecule has 1 aliphatic heterocycles. The van der Waals surface area contributed by atoms with Gasteiger partial charge in [-0.1, -0.05) is 30.3 Å². The van der Waals surface area contributed by atoms with Gasteiger partial charge in [-0.05, 0) is 45.2 Å². The number of aromatic nitrogens is 1. The van der Waals surface area contributed by atoms with Gasteiger partial charge in [-0.25, -0.2) is 0 Å². The maximum Gasteiger partial charge on any atom is 0.255 e. The Kier molecular flexibility index (Phi) is 5.16. The zero-order chi connectivity index (χ0) is 18.8. The topological polar surface area (TPSA) is 68.3 Å². The molecular formula is C21H27N3O2. The first kappa shape index (κ1) is 18.2. The van der Waals surface area contributed by atoms with Crippen molar-refractivity contribution in [2.75, 3.05) is 13.1 Å². The van der Waals surface area contributed by atoms with E-state index in [1.807, 2.05) is 43.0 Å². The van der Waals surface area contributed by atoms with Crippen molar-refractivity contribution in [3.05, 3.63) is 58.9 Å². The van der Waals surface area contributed by atoms with E-state index in [1.165, 1.54) is 5.56 Å². The molecule has 0 aliphatic carbocycles. The van der Waals surface area contributed by atoms with E-state index in [2.05, 4.69) is 23.6 Å². The van der Waals surface area contributed by atoms with Gasteiger partial charge in [-0.3, -0.25) is 9.59 Å². The molecule has 5 nitrogen and oxygen atoms in total. The van der Waals surface area contributed by atoms with E-state index >= 15 is 0 Å². The molecule has 0 spiro atoms. The molecule has 138 valence electrons. The molecule has 0 saturated carbocycles. The molecule has 0 radical (unpaired) electrons. The molecular weight excluding hydrogens is 326 g/mol. The molecule has 0 bridgehead atoms. The number of aryl methyl sites for hydroxylation is 1. The first-order valence-electron chi connectivity index (χ1n) is 9.22. The highest BCUT2D eigenvalue weighted by Crippen LogP contribution is 2.27. The van der Waals surface area contributed by atoms with Crippen LogP contribution in [-0.4, -0.2) is 34.4 Å². The summed E-state index contributed by atoms with van der Waals surface area (Å²) in [4.78, 5) is 26.2. The molecule has 1 aromatic heterocycles. The second-order valence-electron chi connectivity index (χ2n) is 7.21. The lowest BCUT2D eigenvalue weighted by Crippen LogP contribution is -2.41. The van der Waals surface area contributed by atoms with Crippen LogP contribution in [0.2, 0.25) is 0 Å². The Labute approximate surface area is 154 Å². The Morgan fingerprint density at radius 1 is 1.12 bits per heavy atom. The molecule has 1 aromatic carbocycles. The predicted octanol–water partition coefficient (Wildman–Crippen LogP) is 3.05. The molecule has 26 heavy (non-hydrogen) atoms. The molecule has 1 atom stereocenters. The van der Waals surface area contributed by atoms with Gasteiger partial charge in [0.15, 0.2) is 0 Å². The van der Waals surface area contributed by atoms with Crippen LogP contribution in [0.1, 0.15) is 53.1 Å². The van der Waals surface area contributed by atoms with E-state index in [4.69, 9.17) is 5.73 Å². The quantitative estimate of drug-likeness (QED) is 0.918. The molecule has 5 heteroatoms. The highest BCUT2D eigenvalue weighted by atomic mass is 16.2. The van der Waals surface area contributed by atoms with Crippen molar-refractivity contribution < 1.29 is 9.59 Å². The second kappa shape index (κ2) is 7.36. The van der Waals surface area contributed by atoms with Gasteiger partial charge in [0.25, 0.3) is 5.91 Å². The van der Waals surface area contributed by atoms with Gasteiger partial charge in [0, 0.05) is 30.4 Å². The predicted molar refractivity (Wildman–Crippen MR) is 102 cm³/mol. The highest BCUT2D eigenvalue weighted by molar-refractivity contribution is 5.96. The fraction of sp³-hybridized carbons (Fsp3) is 0.429. The number of carbonyl (C=O) groups is 2. The van der Waals surface area contributed by atoms with Crippen LogP contribution in [0.15, 0.2) is 36.4 Å². The summed E-state index contributed by atoms with van der Waals surface area (Å²) >= 11 is 0. The molecule has 2 aromatic rings. The van der Waals surface area contributed by atoms with Crippen LogP contribution in [-0.2, 0) is 4.79 Å². The zero-order valence-electron chi connectivity index (χ0n) is 15.7. The van der Waals surface area contributed by atoms with Gasteiger partial charge in [-0.15, -0.1) is 0 Å². The van der Waals surface area contributed by atoms with Gasteiger partial charge in [-0.2, -0.15) is 0 Å². The van der Waals surface area contributed by atoms with Gasteiger partial charge in [0.05, 0.1) is 11.6 Å². The zero-order valence-corrected chi connectivity index (χ0v) is 15.7. The number of likely N-dealkylation sites (tertiary alicyclic amines) is 1. The summed E-state index contributed by atoms with van der Waals surface area (Å²) in [6.07, 6.45) is 1.31. The number of hydrogen-bond acceptors (Lipinski definition) is 2. The number of primary amides is 1. The van der Waals surface area contributed by atoms with Crippen LogP contribution < -0.4 is 5.73 Å². The number of rotatable bonds is 4. The monoisotopic (exact) mass is 353 g/mol. The largest absolute Gasteiger partial charge is 0.369 e. The number of amides is 2. The van der Waals surface area contributed by atoms with Crippen molar-refractivity contribution in [1.29, 1.82) is 0 Å². The summed E-state index contributed by atoms with van der Waals surface area (Å²) in [7, 11) is 0. The number of nitrogens with two attached hydrogens (primary N) is 1. The molecule has 2 amide bonds. The Hall–Kier alpha value is -2.56. The lowest BCUT2D eigenvalue weighted by atomic mass is 9.96. The van der Waals surface area contributed by atoms with Crippen LogP contribution in [0, 0.1) is 19.8 Å². The van der Waals surface area contributed by atoms with Gasteiger partial charge in [0.2, 0.25) is 5.91 Å². The van der Waals surface area contributed by atoms with Gasteiger partial charge >= 0.3 is 0 Å². The minimum Gasteiger partial charge on any atom is -0.369 e. The summed E-state index contributed by atoms with van der Waals surface area (Å²) in [5, 5.41) is 0. The third-order valence-electron chi connectivity index (χ3n) is 5.57. The Morgan fingerprint density at radius 2 is 1.73 bits per heavy atom. The van der Waals surface area contributed by atoms with E-state index in [-0.39, 0.29) is 23.8 Å². The van der Waals surface area contributed by atoms with E-state index in [0.717, 1.165) is 17.0 Å². The molecule has 1 aliphatic rings. The van der Waals surface area contributed by atoms with Crippen molar-refractivity contribution in [2.45, 2.75) is 39.7 Å². The smallest absolute Gasteiger partial charge is 0.255 e.